The van der Waals surface area contributed by atoms with E-state index in [1.54, 1.807) is 6.07 Å². The summed E-state index contributed by atoms with van der Waals surface area (Å²) in [7, 11) is 0. The smallest absolute Gasteiger partial charge is 0.257 e. The molecule has 2 aromatic carbocycles. The van der Waals surface area contributed by atoms with Gasteiger partial charge in [-0.05, 0) is 50.5 Å². The molecule has 5 heteroatoms. The Morgan fingerprint density at radius 2 is 1.62 bits per heavy atom. The van der Waals surface area contributed by atoms with Gasteiger partial charge >= 0.3 is 0 Å². The van der Waals surface area contributed by atoms with Gasteiger partial charge in [0, 0.05) is 11.1 Å². The zero-order valence-electron chi connectivity index (χ0n) is 14.2. The maximum absolute atomic E-state index is 12.4. The number of aromatic nitrogens is 2. The molecule has 0 saturated heterocycles. The monoisotopic (exact) mass is 337 g/mol. The van der Waals surface area contributed by atoms with Gasteiger partial charge < -0.3 is 0 Å². The summed E-state index contributed by atoms with van der Waals surface area (Å²) in [5.74, 6) is -0.159. The lowest BCUT2D eigenvalue weighted by Crippen LogP contribution is -2.12. The maximum Gasteiger partial charge on any atom is 0.257 e. The second-order valence-corrected chi connectivity index (χ2v) is 6.93. The maximum atomic E-state index is 12.4. The number of nitrogens with one attached hydrogen (secondary N) is 1. The van der Waals surface area contributed by atoms with E-state index in [2.05, 4.69) is 48.4 Å². The molecule has 0 aliphatic rings. The fourth-order valence-corrected chi connectivity index (χ4v) is 3.80. The minimum absolute atomic E-state index is 0.159. The van der Waals surface area contributed by atoms with E-state index in [-0.39, 0.29) is 5.91 Å². The van der Waals surface area contributed by atoms with Crippen molar-refractivity contribution in [2.45, 2.75) is 27.7 Å². The van der Waals surface area contributed by atoms with Crippen LogP contribution < -0.4 is 5.32 Å². The Morgan fingerprint density at radius 3 is 2.29 bits per heavy atom. The lowest BCUT2D eigenvalue weighted by molar-refractivity contribution is 0.102. The van der Waals surface area contributed by atoms with Crippen LogP contribution in [0.5, 0.6) is 0 Å². The number of amides is 1. The normalized spacial score (nSPS) is 10.7. The highest BCUT2D eigenvalue weighted by molar-refractivity contribution is 7.18. The first-order chi connectivity index (χ1) is 11.5. The summed E-state index contributed by atoms with van der Waals surface area (Å²) in [5.41, 5.74) is 6.24. The van der Waals surface area contributed by atoms with Crippen molar-refractivity contribution in [2.24, 2.45) is 0 Å². The van der Waals surface area contributed by atoms with Crippen LogP contribution in [0.4, 0.5) is 5.13 Å². The predicted molar refractivity (Wildman–Crippen MR) is 98.7 cm³/mol. The van der Waals surface area contributed by atoms with Crippen LogP contribution in [0.3, 0.4) is 0 Å². The average Bonchev–Trinajstić information content (AvgIpc) is 2.94. The largest absolute Gasteiger partial charge is 0.296 e. The van der Waals surface area contributed by atoms with Crippen LogP contribution in [-0.2, 0) is 0 Å². The van der Waals surface area contributed by atoms with Crippen LogP contribution in [0.15, 0.2) is 36.4 Å². The fraction of sp³-hybridized carbons (Fsp3) is 0.211. The van der Waals surface area contributed by atoms with Gasteiger partial charge in [-0.1, -0.05) is 47.2 Å². The fourth-order valence-electron chi connectivity index (χ4n) is 2.88. The van der Waals surface area contributed by atoms with Gasteiger partial charge in [0.2, 0.25) is 5.13 Å². The van der Waals surface area contributed by atoms with Gasteiger partial charge in [0.15, 0.2) is 0 Å². The first kappa shape index (κ1) is 16.3. The number of carbonyl (C=O) groups is 1. The van der Waals surface area contributed by atoms with Crippen molar-refractivity contribution in [1.29, 1.82) is 0 Å². The summed E-state index contributed by atoms with van der Waals surface area (Å²) in [6, 6.07) is 11.8. The lowest BCUT2D eigenvalue weighted by Gasteiger charge is -2.07. The molecule has 1 amide bonds. The molecule has 24 heavy (non-hydrogen) atoms. The van der Waals surface area contributed by atoms with E-state index in [0.717, 1.165) is 16.1 Å². The zero-order chi connectivity index (χ0) is 17.3. The van der Waals surface area contributed by atoms with Crippen LogP contribution in [0, 0.1) is 27.7 Å². The number of rotatable bonds is 3. The van der Waals surface area contributed by atoms with Gasteiger partial charge in [-0.15, -0.1) is 10.2 Å². The second-order valence-electron chi connectivity index (χ2n) is 5.96. The van der Waals surface area contributed by atoms with Crippen LogP contribution in [0.25, 0.3) is 10.6 Å². The standard InChI is InChI=1S/C19H19N3OS/c1-11-9-13(3)16(14(4)10-11)18-21-22-19(24-18)20-17(23)15-8-6-5-7-12(15)2/h5-10H,1-4H3,(H,20,22,23). The second kappa shape index (κ2) is 6.53. The topological polar surface area (TPSA) is 54.9 Å². The number of benzene rings is 2. The Labute approximate surface area is 145 Å². The van der Waals surface area contributed by atoms with Crippen LogP contribution in [0.1, 0.15) is 32.6 Å². The first-order valence-electron chi connectivity index (χ1n) is 7.74. The van der Waals surface area contributed by atoms with Crippen LogP contribution >= 0.6 is 11.3 Å². The van der Waals surface area contributed by atoms with E-state index < -0.39 is 0 Å². The number of hydrogen-bond acceptors (Lipinski definition) is 4. The van der Waals surface area contributed by atoms with Crippen LogP contribution in [0.2, 0.25) is 0 Å². The van der Waals surface area contributed by atoms with E-state index in [1.807, 2.05) is 25.1 Å². The quantitative estimate of drug-likeness (QED) is 0.754. The van der Waals surface area contributed by atoms with Gasteiger partial charge in [-0.25, -0.2) is 0 Å². The highest BCUT2D eigenvalue weighted by Crippen LogP contribution is 2.32. The highest BCUT2D eigenvalue weighted by atomic mass is 32.1. The molecule has 0 aliphatic heterocycles. The van der Waals surface area contributed by atoms with E-state index >= 15 is 0 Å². The van der Waals surface area contributed by atoms with E-state index in [9.17, 15) is 4.79 Å². The molecule has 0 aliphatic carbocycles. The number of aryl methyl sites for hydroxylation is 4. The van der Waals surface area contributed by atoms with Crippen molar-refractivity contribution in [1.82, 2.24) is 10.2 Å². The molecule has 1 aromatic heterocycles. The van der Waals surface area contributed by atoms with Crippen molar-refractivity contribution in [3.8, 4) is 10.6 Å². The molecule has 0 atom stereocenters. The summed E-state index contributed by atoms with van der Waals surface area (Å²) in [6.07, 6.45) is 0. The van der Waals surface area contributed by atoms with Gasteiger partial charge in [0.05, 0.1) is 0 Å². The zero-order valence-corrected chi connectivity index (χ0v) is 15.0. The Kier molecular flexibility index (Phi) is 4.44. The highest BCUT2D eigenvalue weighted by Gasteiger charge is 2.15. The van der Waals surface area contributed by atoms with E-state index in [0.29, 0.717) is 10.7 Å². The molecule has 0 fully saturated rings. The Balaban J connectivity index is 1.87. The third-order valence-corrected chi connectivity index (χ3v) is 4.78. The summed E-state index contributed by atoms with van der Waals surface area (Å²) >= 11 is 1.39. The molecule has 1 N–H and O–H groups in total. The molecule has 3 aromatic rings. The van der Waals surface area contributed by atoms with Gasteiger partial charge in [-0.3, -0.25) is 10.1 Å². The third-order valence-electron chi connectivity index (χ3n) is 3.93. The molecule has 0 saturated carbocycles. The van der Waals surface area contributed by atoms with Crippen molar-refractivity contribution in [2.75, 3.05) is 5.32 Å². The summed E-state index contributed by atoms with van der Waals surface area (Å²) in [6.45, 7) is 8.14. The molecule has 3 rings (SSSR count). The SMILES string of the molecule is Cc1cc(C)c(-c2nnc(NC(=O)c3ccccc3C)s2)c(C)c1. The van der Waals surface area contributed by atoms with E-state index in [4.69, 9.17) is 0 Å². The molecule has 0 radical (unpaired) electrons. The molecule has 0 bridgehead atoms. The minimum Gasteiger partial charge on any atom is -0.296 e. The van der Waals surface area contributed by atoms with Crippen molar-refractivity contribution < 1.29 is 4.79 Å². The van der Waals surface area contributed by atoms with Gasteiger partial charge in [0.1, 0.15) is 5.01 Å². The van der Waals surface area contributed by atoms with Gasteiger partial charge in [-0.2, -0.15) is 0 Å². The molecule has 0 spiro atoms. The number of nitrogens with zero attached hydrogens (tertiary/aromatic N) is 2. The minimum atomic E-state index is -0.159. The Hall–Kier alpha value is -2.53. The number of anilines is 1. The van der Waals surface area contributed by atoms with Gasteiger partial charge in [0.25, 0.3) is 5.91 Å². The molecular weight excluding hydrogens is 318 g/mol. The Bertz CT molecular complexity index is 891. The average molecular weight is 337 g/mol. The third kappa shape index (κ3) is 3.21. The van der Waals surface area contributed by atoms with Crippen molar-refractivity contribution in [3.05, 3.63) is 64.2 Å². The molecule has 0 unspecified atom stereocenters. The number of carbonyl (C=O) groups excluding carboxylic acids is 1. The van der Waals surface area contributed by atoms with E-state index in [1.165, 1.54) is 28.0 Å². The summed E-state index contributed by atoms with van der Waals surface area (Å²) in [5, 5.41) is 12.6. The molecule has 4 nitrogen and oxygen atoms in total. The Morgan fingerprint density at radius 1 is 0.958 bits per heavy atom. The molecule has 1 heterocycles. The van der Waals surface area contributed by atoms with Crippen molar-refractivity contribution in [3.63, 3.8) is 0 Å². The summed E-state index contributed by atoms with van der Waals surface area (Å²) < 4.78 is 0. The predicted octanol–water partition coefficient (Wildman–Crippen LogP) is 4.69. The molecular formula is C19H19N3OS. The first-order valence-corrected chi connectivity index (χ1v) is 8.56. The van der Waals surface area contributed by atoms with Crippen LogP contribution in [-0.4, -0.2) is 16.1 Å². The number of hydrogen-bond donors (Lipinski definition) is 1. The molecule has 122 valence electrons. The lowest BCUT2D eigenvalue weighted by atomic mass is 10.0. The summed E-state index contributed by atoms with van der Waals surface area (Å²) in [4.78, 5) is 12.4. The van der Waals surface area contributed by atoms with Crippen molar-refractivity contribution >= 4 is 22.4 Å².